The Labute approximate surface area is 105 Å². The summed E-state index contributed by atoms with van der Waals surface area (Å²) in [6, 6.07) is 0. The zero-order valence-corrected chi connectivity index (χ0v) is 11.5. The third-order valence-electron chi connectivity index (χ3n) is 2.29. The number of esters is 1. The lowest BCUT2D eigenvalue weighted by atomic mass is 9.95. The number of carbonyl (C=O) groups is 2. The number of thiophene rings is 1. The maximum Gasteiger partial charge on any atom is 0.341 e. The number of amides is 1. The average Bonchev–Trinajstić information content (AvgIpc) is 2.57. The van der Waals surface area contributed by atoms with Gasteiger partial charge < -0.3 is 10.1 Å². The van der Waals surface area contributed by atoms with Gasteiger partial charge in [0.25, 0.3) is 0 Å². The van der Waals surface area contributed by atoms with Gasteiger partial charge in [-0.25, -0.2) is 4.79 Å². The van der Waals surface area contributed by atoms with Crippen molar-refractivity contribution in [2.75, 3.05) is 12.4 Å². The molecule has 0 unspecified atom stereocenters. The molecule has 4 nitrogen and oxygen atoms in total. The maximum atomic E-state index is 11.8. The first-order chi connectivity index (χ1) is 7.77. The van der Waals surface area contributed by atoms with Crippen LogP contribution in [0.1, 0.15) is 36.0 Å². The minimum absolute atomic E-state index is 0.125. The van der Waals surface area contributed by atoms with Gasteiger partial charge in [0, 0.05) is 15.7 Å². The van der Waals surface area contributed by atoms with Crippen LogP contribution in [0.25, 0.3) is 0 Å². The Morgan fingerprint density at radius 3 is 2.41 bits per heavy atom. The van der Waals surface area contributed by atoms with Crippen molar-refractivity contribution in [2.45, 2.75) is 27.7 Å². The lowest BCUT2D eigenvalue weighted by Gasteiger charge is -2.17. The first kappa shape index (κ1) is 13.7. The normalized spacial score (nSPS) is 11.1. The molecule has 1 amide bonds. The van der Waals surface area contributed by atoms with Gasteiger partial charge in [-0.2, -0.15) is 0 Å². The molecule has 1 aromatic heterocycles. The molecule has 0 radical (unpaired) electrons. The number of nitrogens with one attached hydrogen (secondary N) is 1. The van der Waals surface area contributed by atoms with E-state index in [1.165, 1.54) is 18.4 Å². The van der Waals surface area contributed by atoms with E-state index in [9.17, 15) is 9.59 Å². The molecule has 0 bridgehead atoms. The Morgan fingerprint density at radius 1 is 1.35 bits per heavy atom. The van der Waals surface area contributed by atoms with E-state index in [4.69, 9.17) is 4.74 Å². The number of hydrogen-bond donors (Lipinski definition) is 1. The van der Waals surface area contributed by atoms with Gasteiger partial charge in [0.15, 0.2) is 0 Å². The Kier molecular flexibility index (Phi) is 3.93. The van der Waals surface area contributed by atoms with Crippen LogP contribution >= 0.6 is 11.3 Å². The number of rotatable bonds is 2. The van der Waals surface area contributed by atoms with Gasteiger partial charge in [0.1, 0.15) is 0 Å². The molecule has 0 aliphatic rings. The summed E-state index contributed by atoms with van der Waals surface area (Å²) in [5.41, 5.74) is 0.470. The van der Waals surface area contributed by atoms with Crippen LogP contribution in [0.5, 0.6) is 0 Å². The van der Waals surface area contributed by atoms with Crippen LogP contribution in [0, 0.1) is 12.3 Å². The average molecular weight is 255 g/mol. The van der Waals surface area contributed by atoms with Crippen molar-refractivity contribution in [2.24, 2.45) is 5.41 Å². The highest BCUT2D eigenvalue weighted by atomic mass is 32.1. The number of methoxy groups -OCH3 is 1. The predicted molar refractivity (Wildman–Crippen MR) is 68.5 cm³/mol. The number of hydrogen-bond acceptors (Lipinski definition) is 4. The first-order valence-electron chi connectivity index (χ1n) is 5.25. The third-order valence-corrected chi connectivity index (χ3v) is 3.21. The summed E-state index contributed by atoms with van der Waals surface area (Å²) in [4.78, 5) is 24.3. The van der Waals surface area contributed by atoms with E-state index in [0.29, 0.717) is 11.3 Å². The standard InChI is InChI=1S/C12H17NO3S/c1-7-9(10(14)16-5)8(6-17-7)13-11(15)12(2,3)4/h6H,1-5H3,(H,13,15). The summed E-state index contributed by atoms with van der Waals surface area (Å²) in [5.74, 6) is -0.548. The molecule has 94 valence electrons. The summed E-state index contributed by atoms with van der Waals surface area (Å²) in [7, 11) is 1.33. The van der Waals surface area contributed by atoms with Gasteiger partial charge in [0.2, 0.25) is 5.91 Å². The Hall–Kier alpha value is -1.36. The van der Waals surface area contributed by atoms with Crippen molar-refractivity contribution in [1.29, 1.82) is 0 Å². The summed E-state index contributed by atoms with van der Waals surface area (Å²) < 4.78 is 4.70. The topological polar surface area (TPSA) is 55.4 Å². The van der Waals surface area contributed by atoms with Crippen molar-refractivity contribution in [1.82, 2.24) is 0 Å². The number of ether oxygens (including phenoxy) is 1. The van der Waals surface area contributed by atoms with E-state index in [2.05, 4.69) is 5.32 Å². The third kappa shape index (κ3) is 3.06. The molecule has 0 spiro atoms. The fourth-order valence-corrected chi connectivity index (χ4v) is 1.99. The maximum absolute atomic E-state index is 11.8. The van der Waals surface area contributed by atoms with Crippen LogP contribution in [-0.2, 0) is 9.53 Å². The molecule has 1 rings (SSSR count). The molecule has 1 aromatic rings. The summed E-state index contributed by atoms with van der Waals surface area (Å²) in [6.45, 7) is 7.28. The molecule has 1 heterocycles. The van der Waals surface area contributed by atoms with Gasteiger partial charge in [-0.05, 0) is 6.92 Å². The summed E-state index contributed by atoms with van der Waals surface area (Å²) >= 11 is 1.41. The van der Waals surface area contributed by atoms with E-state index < -0.39 is 11.4 Å². The molecular formula is C12H17NO3S. The monoisotopic (exact) mass is 255 g/mol. The van der Waals surface area contributed by atoms with Crippen molar-refractivity contribution in [3.63, 3.8) is 0 Å². The van der Waals surface area contributed by atoms with Gasteiger partial charge in [0.05, 0.1) is 18.4 Å². The van der Waals surface area contributed by atoms with E-state index in [0.717, 1.165) is 4.88 Å². The van der Waals surface area contributed by atoms with Crippen LogP contribution in [0.15, 0.2) is 5.38 Å². The fourth-order valence-electron chi connectivity index (χ4n) is 1.21. The molecule has 0 fully saturated rings. The molecule has 17 heavy (non-hydrogen) atoms. The van der Waals surface area contributed by atoms with Gasteiger partial charge in [-0.1, -0.05) is 20.8 Å². The van der Waals surface area contributed by atoms with E-state index in [1.54, 1.807) is 5.38 Å². The zero-order chi connectivity index (χ0) is 13.2. The van der Waals surface area contributed by atoms with Crippen LogP contribution in [-0.4, -0.2) is 19.0 Å². The molecule has 0 aliphatic heterocycles. The predicted octanol–water partition coefficient (Wildman–Crippen LogP) is 2.83. The molecule has 0 atom stereocenters. The quantitative estimate of drug-likeness (QED) is 0.827. The summed E-state index contributed by atoms with van der Waals surface area (Å²) in [6.07, 6.45) is 0. The SMILES string of the molecule is COC(=O)c1c(NC(=O)C(C)(C)C)csc1C. The smallest absolute Gasteiger partial charge is 0.341 e. The van der Waals surface area contributed by atoms with E-state index in [1.807, 2.05) is 27.7 Å². The molecule has 1 N–H and O–H groups in total. The fraction of sp³-hybridized carbons (Fsp3) is 0.500. The number of anilines is 1. The Morgan fingerprint density at radius 2 is 1.94 bits per heavy atom. The van der Waals surface area contributed by atoms with E-state index in [-0.39, 0.29) is 5.91 Å². The lowest BCUT2D eigenvalue weighted by Crippen LogP contribution is -2.28. The molecule has 0 aliphatic carbocycles. The van der Waals surface area contributed by atoms with Gasteiger partial charge in [-0.3, -0.25) is 4.79 Å². The Bertz CT molecular complexity index is 443. The minimum Gasteiger partial charge on any atom is -0.465 e. The van der Waals surface area contributed by atoms with Gasteiger partial charge in [-0.15, -0.1) is 11.3 Å². The van der Waals surface area contributed by atoms with Crippen molar-refractivity contribution >= 4 is 28.9 Å². The second-order valence-corrected chi connectivity index (χ2v) is 5.86. The molecule has 5 heteroatoms. The van der Waals surface area contributed by atoms with Crippen molar-refractivity contribution < 1.29 is 14.3 Å². The highest BCUT2D eigenvalue weighted by Crippen LogP contribution is 2.28. The van der Waals surface area contributed by atoms with Crippen molar-refractivity contribution in [3.8, 4) is 0 Å². The first-order valence-corrected chi connectivity index (χ1v) is 6.13. The number of carbonyl (C=O) groups excluding carboxylic acids is 2. The van der Waals surface area contributed by atoms with Crippen LogP contribution < -0.4 is 5.32 Å². The van der Waals surface area contributed by atoms with Crippen LogP contribution in [0.4, 0.5) is 5.69 Å². The van der Waals surface area contributed by atoms with E-state index >= 15 is 0 Å². The molecule has 0 saturated heterocycles. The second-order valence-electron chi connectivity index (χ2n) is 4.78. The van der Waals surface area contributed by atoms with Crippen LogP contribution in [0.2, 0.25) is 0 Å². The molecular weight excluding hydrogens is 238 g/mol. The Balaban J connectivity index is 3.01. The van der Waals surface area contributed by atoms with Crippen molar-refractivity contribution in [3.05, 3.63) is 15.8 Å². The highest BCUT2D eigenvalue weighted by molar-refractivity contribution is 7.10. The lowest BCUT2D eigenvalue weighted by molar-refractivity contribution is -0.123. The largest absolute Gasteiger partial charge is 0.465 e. The highest BCUT2D eigenvalue weighted by Gasteiger charge is 2.25. The zero-order valence-electron chi connectivity index (χ0n) is 10.7. The summed E-state index contributed by atoms with van der Waals surface area (Å²) in [5, 5.41) is 4.51. The minimum atomic E-state index is -0.497. The van der Waals surface area contributed by atoms with Gasteiger partial charge >= 0.3 is 5.97 Å². The molecule has 0 aromatic carbocycles. The van der Waals surface area contributed by atoms with Crippen LogP contribution in [0.3, 0.4) is 0 Å². The second kappa shape index (κ2) is 4.87. The number of aryl methyl sites for hydroxylation is 1. The molecule has 0 saturated carbocycles.